The van der Waals surface area contributed by atoms with Gasteiger partial charge in [-0.2, -0.15) is 26.3 Å². The predicted octanol–water partition coefficient (Wildman–Crippen LogP) is 2.91. The van der Waals surface area contributed by atoms with E-state index in [1.807, 2.05) is 6.92 Å². The molecule has 27 heavy (non-hydrogen) atoms. The minimum Gasteiger partial charge on any atom is -1.00 e. The van der Waals surface area contributed by atoms with Crippen LogP contribution >= 0.6 is 8.58 Å². The van der Waals surface area contributed by atoms with E-state index in [0.29, 0.717) is 34.6 Å². The van der Waals surface area contributed by atoms with Gasteiger partial charge in [-0.25, -0.2) is 0 Å². The Hall–Kier alpha value is -1.28. The summed E-state index contributed by atoms with van der Waals surface area (Å²) in [5.74, 6) is 0. The van der Waals surface area contributed by atoms with E-state index < -0.39 is 43.1 Å². The van der Waals surface area contributed by atoms with Gasteiger partial charge in [-0.1, -0.05) is 23.8 Å². The molecule has 9 heteroatoms. The maximum Gasteiger partial charge on any atom is 1.00 e. The third-order valence-electron chi connectivity index (χ3n) is 3.82. The first kappa shape index (κ1) is 23.8. The van der Waals surface area contributed by atoms with Crippen LogP contribution in [0.25, 0.3) is 0 Å². The molecule has 0 bridgehead atoms. The first-order chi connectivity index (χ1) is 11.8. The number of aryl methyl sites for hydroxylation is 3. The van der Waals surface area contributed by atoms with Crippen LogP contribution in [-0.2, 0) is 12.4 Å². The SMILES string of the molecule is Cc1cc(C)c(PC(=O)c2c(C(F)(F)F)cccc2C(F)(F)F)c(C)c1.[H-].[Li+]. The van der Waals surface area contributed by atoms with Gasteiger partial charge in [0, 0.05) is 5.56 Å². The second-order valence-corrected chi connectivity index (χ2v) is 7.16. The summed E-state index contributed by atoms with van der Waals surface area (Å²) < 4.78 is 79.3. The number of carbonyl (C=O) groups is 1. The normalized spacial score (nSPS) is 12.3. The van der Waals surface area contributed by atoms with E-state index in [2.05, 4.69) is 0 Å². The standard InChI is InChI=1S/C18H15F6OP.Li.H/c1-9-7-10(2)15(11(3)8-9)26-16(25)14-12(17(19,20)21)5-4-6-13(14)18(22,23)24;;/h4-8,26H,1-3H3;;/q;+1;-1. The molecule has 0 radical (unpaired) electrons. The first-order valence-corrected chi connectivity index (χ1v) is 8.49. The molecule has 0 spiro atoms. The van der Waals surface area contributed by atoms with Gasteiger partial charge in [0.15, 0.2) is 5.52 Å². The van der Waals surface area contributed by atoms with Crippen LogP contribution in [0, 0.1) is 20.8 Å². The Kier molecular flexibility index (Phi) is 7.38. The van der Waals surface area contributed by atoms with Crippen molar-refractivity contribution in [2.75, 3.05) is 0 Å². The summed E-state index contributed by atoms with van der Waals surface area (Å²) in [6, 6.07) is 5.14. The van der Waals surface area contributed by atoms with Crippen molar-refractivity contribution >= 4 is 19.4 Å². The molecule has 2 rings (SSSR count). The fourth-order valence-corrected chi connectivity index (χ4v) is 3.98. The van der Waals surface area contributed by atoms with Gasteiger partial charge in [-0.05, 0) is 57.9 Å². The van der Waals surface area contributed by atoms with Crippen LogP contribution in [0.3, 0.4) is 0 Å². The Morgan fingerprint density at radius 1 is 0.889 bits per heavy atom. The van der Waals surface area contributed by atoms with Crippen molar-refractivity contribution in [2.45, 2.75) is 33.1 Å². The van der Waals surface area contributed by atoms with Gasteiger partial charge in [0.25, 0.3) is 0 Å². The Morgan fingerprint density at radius 2 is 1.30 bits per heavy atom. The van der Waals surface area contributed by atoms with Crippen LogP contribution in [0.5, 0.6) is 0 Å². The van der Waals surface area contributed by atoms with E-state index in [-0.39, 0.29) is 20.3 Å². The molecule has 0 saturated heterocycles. The van der Waals surface area contributed by atoms with Crippen LogP contribution < -0.4 is 24.2 Å². The second kappa shape index (κ2) is 8.39. The summed E-state index contributed by atoms with van der Waals surface area (Å²) in [6.07, 6.45) is -10.1. The molecule has 0 saturated carbocycles. The molecule has 0 aliphatic rings. The number of alkyl halides is 6. The molecular weight excluding hydrogens is 384 g/mol. The van der Waals surface area contributed by atoms with Gasteiger partial charge in [0.2, 0.25) is 0 Å². The topological polar surface area (TPSA) is 17.1 Å². The maximum atomic E-state index is 13.2. The van der Waals surface area contributed by atoms with Crippen molar-refractivity contribution in [3.63, 3.8) is 0 Å². The zero-order valence-corrected chi connectivity index (χ0v) is 16.1. The predicted molar refractivity (Wildman–Crippen MR) is 90.5 cm³/mol. The molecule has 1 nitrogen and oxygen atoms in total. The van der Waals surface area contributed by atoms with Crippen molar-refractivity contribution in [1.29, 1.82) is 0 Å². The Bertz CT molecular complexity index is 809. The van der Waals surface area contributed by atoms with Crippen molar-refractivity contribution in [2.24, 2.45) is 0 Å². The average molecular weight is 400 g/mol. The number of hydrogen-bond acceptors (Lipinski definition) is 1. The fourth-order valence-electron chi connectivity index (χ4n) is 2.82. The van der Waals surface area contributed by atoms with E-state index in [0.717, 1.165) is 5.56 Å². The quantitative estimate of drug-likeness (QED) is 0.440. The summed E-state index contributed by atoms with van der Waals surface area (Å²) in [5, 5.41) is 0.464. The maximum absolute atomic E-state index is 13.2. The van der Waals surface area contributed by atoms with Crippen LogP contribution in [0.15, 0.2) is 30.3 Å². The number of benzene rings is 2. The summed E-state index contributed by atoms with van der Waals surface area (Å²) in [7, 11) is -0.838. The summed E-state index contributed by atoms with van der Waals surface area (Å²) in [5.41, 5.74) is -3.41. The van der Waals surface area contributed by atoms with E-state index in [4.69, 9.17) is 0 Å². The third-order valence-corrected chi connectivity index (χ3v) is 5.33. The monoisotopic (exact) mass is 400 g/mol. The van der Waals surface area contributed by atoms with Crippen LogP contribution in [0.1, 0.15) is 39.6 Å². The Morgan fingerprint density at radius 3 is 1.67 bits per heavy atom. The molecule has 0 heterocycles. The first-order valence-electron chi connectivity index (χ1n) is 7.49. The number of carbonyl (C=O) groups excluding carboxylic acids is 1. The van der Waals surface area contributed by atoms with E-state index >= 15 is 0 Å². The van der Waals surface area contributed by atoms with Gasteiger partial charge in [-0.3, -0.25) is 4.79 Å². The van der Waals surface area contributed by atoms with E-state index in [1.54, 1.807) is 26.0 Å². The van der Waals surface area contributed by atoms with Gasteiger partial charge >= 0.3 is 31.2 Å². The summed E-state index contributed by atoms with van der Waals surface area (Å²) in [6.45, 7) is 5.17. The van der Waals surface area contributed by atoms with Crippen LogP contribution in [0.2, 0.25) is 0 Å². The average Bonchev–Trinajstić information content (AvgIpc) is 2.48. The Labute approximate surface area is 168 Å². The number of halogens is 6. The molecule has 0 aliphatic heterocycles. The van der Waals surface area contributed by atoms with Crippen molar-refractivity contribution < 1.29 is 51.4 Å². The summed E-state index contributed by atoms with van der Waals surface area (Å²) >= 11 is 0. The molecule has 0 N–H and O–H groups in total. The molecule has 2 aromatic rings. The minimum absolute atomic E-state index is 0. The molecular formula is C18H16F6LiOP. The molecule has 0 amide bonds. The molecule has 0 fully saturated rings. The van der Waals surface area contributed by atoms with Crippen molar-refractivity contribution in [1.82, 2.24) is 0 Å². The van der Waals surface area contributed by atoms with Gasteiger partial charge in [-0.15, -0.1) is 0 Å². The Balaban J connectivity index is 0.00000364. The minimum atomic E-state index is -5.06. The molecule has 2 aromatic carbocycles. The van der Waals surface area contributed by atoms with Crippen LogP contribution in [-0.4, -0.2) is 5.52 Å². The van der Waals surface area contributed by atoms with E-state index in [1.165, 1.54) is 0 Å². The molecule has 0 aliphatic carbocycles. The van der Waals surface area contributed by atoms with Crippen molar-refractivity contribution in [3.8, 4) is 0 Å². The van der Waals surface area contributed by atoms with Gasteiger partial charge < -0.3 is 1.43 Å². The summed E-state index contributed by atoms with van der Waals surface area (Å²) in [4.78, 5) is 12.6. The van der Waals surface area contributed by atoms with E-state index in [9.17, 15) is 31.1 Å². The van der Waals surface area contributed by atoms with Gasteiger partial charge in [0.1, 0.15) is 0 Å². The van der Waals surface area contributed by atoms with Crippen LogP contribution in [0.4, 0.5) is 26.3 Å². The fraction of sp³-hybridized carbons (Fsp3) is 0.278. The molecule has 1 unspecified atom stereocenters. The zero-order valence-electron chi connectivity index (χ0n) is 16.1. The largest absolute Gasteiger partial charge is 1.00 e. The third kappa shape index (κ3) is 5.37. The number of hydrogen-bond donors (Lipinski definition) is 0. The molecule has 0 aromatic heterocycles. The smallest absolute Gasteiger partial charge is 1.00 e. The molecule has 142 valence electrons. The van der Waals surface area contributed by atoms with Gasteiger partial charge in [0.05, 0.1) is 11.1 Å². The molecule has 1 atom stereocenters. The zero-order chi connectivity index (χ0) is 19.9. The second-order valence-electron chi connectivity index (χ2n) is 5.95. The van der Waals surface area contributed by atoms with Crippen molar-refractivity contribution in [3.05, 3.63) is 63.7 Å². The number of rotatable bonds is 3.